The van der Waals surface area contributed by atoms with Crippen LogP contribution in [0.25, 0.3) is 0 Å². The number of halogens is 2. The van der Waals surface area contributed by atoms with Crippen molar-refractivity contribution in [1.82, 2.24) is 9.78 Å². The van der Waals surface area contributed by atoms with E-state index in [9.17, 15) is 13.6 Å². The number of benzene rings is 1. The van der Waals surface area contributed by atoms with E-state index in [1.807, 2.05) is 20.8 Å². The van der Waals surface area contributed by atoms with Crippen LogP contribution in [0.1, 0.15) is 27.7 Å². The Balaban J connectivity index is 2.01. The van der Waals surface area contributed by atoms with Crippen molar-refractivity contribution in [3.63, 3.8) is 0 Å². The van der Waals surface area contributed by atoms with E-state index in [4.69, 9.17) is 0 Å². The van der Waals surface area contributed by atoms with Gasteiger partial charge in [0, 0.05) is 12.3 Å². The molecule has 0 saturated heterocycles. The average molecular weight is 322 g/mol. The van der Waals surface area contributed by atoms with E-state index in [0.717, 1.165) is 12.1 Å². The van der Waals surface area contributed by atoms with E-state index in [2.05, 4.69) is 15.7 Å². The number of anilines is 2. The van der Waals surface area contributed by atoms with E-state index in [-0.39, 0.29) is 11.2 Å². The molecule has 0 saturated carbocycles. The zero-order chi connectivity index (χ0) is 17.2. The minimum atomic E-state index is -0.814. The maximum Gasteiger partial charge on any atom is 0.246 e. The third-order valence-electron chi connectivity index (χ3n) is 3.24. The number of hydrogen-bond acceptors (Lipinski definition) is 3. The van der Waals surface area contributed by atoms with Gasteiger partial charge in [-0.15, -0.1) is 0 Å². The van der Waals surface area contributed by atoms with Crippen molar-refractivity contribution in [2.45, 2.75) is 39.3 Å². The van der Waals surface area contributed by atoms with Crippen LogP contribution in [0.5, 0.6) is 0 Å². The third kappa shape index (κ3) is 4.28. The molecule has 1 unspecified atom stereocenters. The van der Waals surface area contributed by atoms with Gasteiger partial charge in [0.2, 0.25) is 5.91 Å². The summed E-state index contributed by atoms with van der Waals surface area (Å²) in [5.41, 5.74) is 0.459. The largest absolute Gasteiger partial charge is 0.371 e. The molecule has 5 nitrogen and oxygen atoms in total. The second kappa shape index (κ2) is 6.36. The van der Waals surface area contributed by atoms with Crippen LogP contribution in [0, 0.1) is 11.6 Å². The minimum Gasteiger partial charge on any atom is -0.371 e. The maximum absolute atomic E-state index is 13.5. The lowest BCUT2D eigenvalue weighted by molar-refractivity contribution is -0.116. The number of hydrogen-bond donors (Lipinski definition) is 2. The van der Waals surface area contributed by atoms with Crippen LogP contribution in [0.4, 0.5) is 20.2 Å². The summed E-state index contributed by atoms with van der Waals surface area (Å²) in [7, 11) is 0. The molecule has 1 aromatic carbocycles. The monoisotopic (exact) mass is 322 g/mol. The van der Waals surface area contributed by atoms with Crippen molar-refractivity contribution in [1.29, 1.82) is 0 Å². The highest BCUT2D eigenvalue weighted by Crippen LogP contribution is 2.18. The van der Waals surface area contributed by atoms with Gasteiger partial charge in [-0.25, -0.2) is 8.78 Å². The average Bonchev–Trinajstić information content (AvgIpc) is 2.90. The van der Waals surface area contributed by atoms with Gasteiger partial charge < -0.3 is 10.6 Å². The molecule has 0 fully saturated rings. The molecule has 0 aliphatic heterocycles. The Hall–Kier alpha value is -2.44. The van der Waals surface area contributed by atoms with Crippen molar-refractivity contribution in [3.8, 4) is 0 Å². The van der Waals surface area contributed by atoms with Gasteiger partial charge in [0.05, 0.1) is 23.1 Å². The van der Waals surface area contributed by atoms with Gasteiger partial charge in [0.15, 0.2) is 0 Å². The van der Waals surface area contributed by atoms with Gasteiger partial charge in [-0.3, -0.25) is 9.48 Å². The second-order valence-corrected chi connectivity index (χ2v) is 6.32. The zero-order valence-corrected chi connectivity index (χ0v) is 13.5. The highest BCUT2D eigenvalue weighted by molar-refractivity contribution is 5.96. The van der Waals surface area contributed by atoms with E-state index >= 15 is 0 Å². The second-order valence-electron chi connectivity index (χ2n) is 6.32. The molecule has 1 aromatic heterocycles. The van der Waals surface area contributed by atoms with Crippen LogP contribution in [0.15, 0.2) is 30.6 Å². The smallest absolute Gasteiger partial charge is 0.246 e. The summed E-state index contributed by atoms with van der Waals surface area (Å²) in [6.07, 6.45) is 3.41. The minimum absolute atomic E-state index is 0.0598. The lowest BCUT2D eigenvalue weighted by Gasteiger charge is -2.19. The van der Waals surface area contributed by atoms with Gasteiger partial charge >= 0.3 is 0 Å². The highest BCUT2D eigenvalue weighted by Gasteiger charge is 2.18. The third-order valence-corrected chi connectivity index (χ3v) is 3.24. The van der Waals surface area contributed by atoms with Gasteiger partial charge in [0.1, 0.15) is 17.7 Å². The van der Waals surface area contributed by atoms with E-state index < -0.39 is 23.6 Å². The Morgan fingerprint density at radius 3 is 2.57 bits per heavy atom. The van der Waals surface area contributed by atoms with E-state index in [1.54, 1.807) is 24.0 Å². The van der Waals surface area contributed by atoms with Crippen LogP contribution in [-0.4, -0.2) is 21.7 Å². The SMILES string of the molecule is CC(Nc1cnn(C(C)(C)C)c1)C(=O)Nc1ccc(F)cc1F. The summed E-state index contributed by atoms with van der Waals surface area (Å²) in [5.74, 6) is -1.94. The normalized spacial score (nSPS) is 12.8. The zero-order valence-electron chi connectivity index (χ0n) is 13.5. The number of carbonyl (C=O) groups is 1. The molecular formula is C16H20F2N4O. The number of amides is 1. The number of nitrogens with zero attached hydrogens (tertiary/aromatic N) is 2. The molecule has 2 N–H and O–H groups in total. The molecule has 23 heavy (non-hydrogen) atoms. The molecule has 1 amide bonds. The Kier molecular flexibility index (Phi) is 4.68. The number of aromatic nitrogens is 2. The fourth-order valence-electron chi connectivity index (χ4n) is 1.91. The fraction of sp³-hybridized carbons (Fsp3) is 0.375. The summed E-state index contributed by atoms with van der Waals surface area (Å²) in [6.45, 7) is 7.68. The molecule has 0 spiro atoms. The summed E-state index contributed by atoms with van der Waals surface area (Å²) in [4.78, 5) is 12.1. The first kappa shape index (κ1) is 16.9. The lowest BCUT2D eigenvalue weighted by atomic mass is 10.1. The molecule has 7 heteroatoms. The predicted molar refractivity (Wildman–Crippen MR) is 85.3 cm³/mol. The Labute approximate surface area is 133 Å². The van der Waals surface area contributed by atoms with Crippen LogP contribution in [0.2, 0.25) is 0 Å². The first-order valence-corrected chi connectivity index (χ1v) is 7.24. The molecular weight excluding hydrogens is 302 g/mol. The Morgan fingerprint density at radius 2 is 2.00 bits per heavy atom. The molecule has 124 valence electrons. The molecule has 0 aliphatic rings. The van der Waals surface area contributed by atoms with Gasteiger partial charge in [-0.05, 0) is 39.8 Å². The van der Waals surface area contributed by atoms with Crippen molar-refractivity contribution in [2.75, 3.05) is 10.6 Å². The summed E-state index contributed by atoms with van der Waals surface area (Å²) < 4.78 is 28.2. The number of nitrogens with one attached hydrogen (secondary N) is 2. The first-order chi connectivity index (χ1) is 10.7. The highest BCUT2D eigenvalue weighted by atomic mass is 19.1. The molecule has 0 aliphatic carbocycles. The van der Waals surface area contributed by atoms with Crippen LogP contribution in [0.3, 0.4) is 0 Å². The summed E-state index contributed by atoms with van der Waals surface area (Å²) >= 11 is 0. The van der Waals surface area contributed by atoms with Gasteiger partial charge in [-0.2, -0.15) is 5.10 Å². The van der Waals surface area contributed by atoms with Crippen molar-refractivity contribution >= 4 is 17.3 Å². The van der Waals surface area contributed by atoms with E-state index in [0.29, 0.717) is 5.69 Å². The lowest BCUT2D eigenvalue weighted by Crippen LogP contribution is -2.32. The summed E-state index contributed by atoms with van der Waals surface area (Å²) in [5, 5.41) is 9.65. The standard InChI is InChI=1S/C16H20F2N4O/c1-10(20-12-8-19-22(9-12)16(2,3)4)15(23)21-14-6-5-11(17)7-13(14)18/h5-10,20H,1-4H3,(H,21,23). The van der Waals surface area contributed by atoms with E-state index in [1.165, 1.54) is 6.07 Å². The maximum atomic E-state index is 13.5. The molecule has 0 bridgehead atoms. The molecule has 1 heterocycles. The van der Waals surface area contributed by atoms with Crippen LogP contribution >= 0.6 is 0 Å². The Bertz CT molecular complexity index is 706. The first-order valence-electron chi connectivity index (χ1n) is 7.24. The predicted octanol–water partition coefficient (Wildman–Crippen LogP) is 3.36. The van der Waals surface area contributed by atoms with Crippen molar-refractivity contribution in [3.05, 3.63) is 42.2 Å². The number of carbonyl (C=O) groups excluding carboxylic acids is 1. The van der Waals surface area contributed by atoms with Crippen LogP contribution in [-0.2, 0) is 10.3 Å². The van der Waals surface area contributed by atoms with Crippen LogP contribution < -0.4 is 10.6 Å². The molecule has 1 atom stereocenters. The summed E-state index contributed by atoms with van der Waals surface area (Å²) in [6, 6.07) is 2.38. The number of rotatable bonds is 4. The quantitative estimate of drug-likeness (QED) is 0.907. The Morgan fingerprint density at radius 1 is 1.30 bits per heavy atom. The van der Waals surface area contributed by atoms with Crippen molar-refractivity contribution in [2.24, 2.45) is 0 Å². The molecule has 2 aromatic rings. The topological polar surface area (TPSA) is 59.0 Å². The molecule has 0 radical (unpaired) electrons. The fourth-order valence-corrected chi connectivity index (χ4v) is 1.91. The van der Waals surface area contributed by atoms with Crippen molar-refractivity contribution < 1.29 is 13.6 Å². The van der Waals surface area contributed by atoms with Gasteiger partial charge in [-0.1, -0.05) is 0 Å². The van der Waals surface area contributed by atoms with Gasteiger partial charge in [0.25, 0.3) is 0 Å². The molecule has 2 rings (SSSR count).